The minimum absolute atomic E-state index is 0.329. The number of carbonyl (C=O) groups excluding carboxylic acids is 2. The number of rotatable bonds is 3. The fourth-order valence-corrected chi connectivity index (χ4v) is 2.71. The van der Waals surface area contributed by atoms with Crippen LogP contribution in [-0.4, -0.2) is 21.5 Å². The summed E-state index contributed by atoms with van der Waals surface area (Å²) in [6.07, 6.45) is 1.25. The van der Waals surface area contributed by atoms with Crippen molar-refractivity contribution < 1.29 is 9.59 Å². The van der Waals surface area contributed by atoms with Gasteiger partial charge in [0, 0.05) is 10.7 Å². The molecule has 1 aromatic heterocycles. The number of nitrogens with zero attached hydrogens (tertiary/aromatic N) is 2. The molecule has 3 aromatic rings. The van der Waals surface area contributed by atoms with Gasteiger partial charge in [-0.3, -0.25) is 19.5 Å². The molecule has 138 valence electrons. The van der Waals surface area contributed by atoms with Gasteiger partial charge in [0.2, 0.25) is 5.91 Å². The molecule has 1 heterocycles. The van der Waals surface area contributed by atoms with Gasteiger partial charge in [0.05, 0.1) is 17.2 Å². The van der Waals surface area contributed by atoms with E-state index in [1.54, 1.807) is 24.3 Å². The van der Waals surface area contributed by atoms with Crippen LogP contribution in [-0.2, 0) is 11.3 Å². The highest BCUT2D eigenvalue weighted by atomic mass is 35.5. The van der Waals surface area contributed by atoms with Crippen molar-refractivity contribution in [3.63, 3.8) is 0 Å². The summed E-state index contributed by atoms with van der Waals surface area (Å²) < 4.78 is 1.13. The lowest BCUT2D eigenvalue weighted by atomic mass is 10.1. The Morgan fingerprint density at radius 3 is 2.63 bits per heavy atom. The average Bonchev–Trinajstić information content (AvgIpc) is 2.60. The number of hydrogen-bond acceptors (Lipinski definition) is 4. The lowest BCUT2D eigenvalue weighted by molar-refractivity contribution is -0.120. The Hall–Kier alpha value is -3.19. The second-order valence-electron chi connectivity index (χ2n) is 6.14. The third-order valence-corrected chi connectivity index (χ3v) is 4.35. The molecule has 3 amide bonds. The first-order valence-electron chi connectivity index (χ1n) is 8.16. The van der Waals surface area contributed by atoms with Crippen LogP contribution in [0.4, 0.5) is 10.5 Å². The topological polar surface area (TPSA) is 93.1 Å². The van der Waals surface area contributed by atoms with Crippen LogP contribution in [0.5, 0.6) is 0 Å². The normalized spacial score (nSPS) is 10.6. The number of amides is 3. The molecule has 0 atom stereocenters. The van der Waals surface area contributed by atoms with Gasteiger partial charge in [-0.15, -0.1) is 0 Å². The van der Waals surface area contributed by atoms with Gasteiger partial charge in [0.25, 0.3) is 5.56 Å². The van der Waals surface area contributed by atoms with E-state index in [1.807, 2.05) is 26.0 Å². The van der Waals surface area contributed by atoms with Gasteiger partial charge in [-0.1, -0.05) is 17.7 Å². The Balaban J connectivity index is 1.68. The van der Waals surface area contributed by atoms with Gasteiger partial charge in [0.15, 0.2) is 0 Å². The van der Waals surface area contributed by atoms with Crippen LogP contribution < -0.4 is 16.2 Å². The minimum atomic E-state index is -0.670. The van der Waals surface area contributed by atoms with Gasteiger partial charge >= 0.3 is 6.03 Å². The Labute approximate surface area is 160 Å². The lowest BCUT2D eigenvalue weighted by Crippen LogP contribution is -2.38. The van der Waals surface area contributed by atoms with Crippen LogP contribution in [0.3, 0.4) is 0 Å². The van der Waals surface area contributed by atoms with Gasteiger partial charge < -0.3 is 5.32 Å². The van der Waals surface area contributed by atoms with Crippen molar-refractivity contribution in [1.82, 2.24) is 14.9 Å². The average molecular weight is 385 g/mol. The molecule has 0 unspecified atom stereocenters. The van der Waals surface area contributed by atoms with Crippen molar-refractivity contribution >= 4 is 40.1 Å². The maximum atomic E-state index is 12.4. The largest absolute Gasteiger partial charge is 0.325 e. The van der Waals surface area contributed by atoms with Gasteiger partial charge in [-0.05, 0) is 55.3 Å². The fraction of sp³-hybridized carbons (Fsp3) is 0.158. The molecule has 0 radical (unpaired) electrons. The Bertz CT molecular complexity index is 1110. The Morgan fingerprint density at radius 2 is 1.89 bits per heavy atom. The summed E-state index contributed by atoms with van der Waals surface area (Å²) in [7, 11) is 0. The molecule has 0 saturated carbocycles. The standard InChI is InChI=1S/C19H17ClN4O3/c1-11-3-5-14(7-12(11)2)22-19(27)23-17(25)9-24-10-21-16-8-13(20)4-6-15(16)18(24)26/h3-8,10H,9H2,1-2H3,(H2,22,23,25,27). The van der Waals surface area contributed by atoms with E-state index in [0.29, 0.717) is 21.6 Å². The van der Waals surface area contributed by atoms with Crippen molar-refractivity contribution in [3.05, 3.63) is 69.2 Å². The molecule has 0 aliphatic rings. The van der Waals surface area contributed by atoms with Crippen LogP contribution in [0, 0.1) is 13.8 Å². The molecule has 8 heteroatoms. The predicted octanol–water partition coefficient (Wildman–Crippen LogP) is 3.02. The summed E-state index contributed by atoms with van der Waals surface area (Å²) >= 11 is 5.88. The number of halogens is 1. The first kappa shape index (κ1) is 18.6. The van der Waals surface area contributed by atoms with Crippen molar-refractivity contribution in [2.45, 2.75) is 20.4 Å². The predicted molar refractivity (Wildman–Crippen MR) is 104 cm³/mol. The van der Waals surface area contributed by atoms with E-state index in [0.717, 1.165) is 15.7 Å². The molecule has 0 fully saturated rings. The van der Waals surface area contributed by atoms with Gasteiger partial charge in [-0.25, -0.2) is 9.78 Å². The van der Waals surface area contributed by atoms with Crippen molar-refractivity contribution in [2.75, 3.05) is 5.32 Å². The molecule has 27 heavy (non-hydrogen) atoms. The molecule has 0 aliphatic carbocycles. The van der Waals surface area contributed by atoms with Gasteiger partial charge in [-0.2, -0.15) is 0 Å². The third kappa shape index (κ3) is 4.32. The van der Waals surface area contributed by atoms with Crippen LogP contribution in [0.1, 0.15) is 11.1 Å². The van der Waals surface area contributed by atoms with Gasteiger partial charge in [0.1, 0.15) is 6.54 Å². The zero-order chi connectivity index (χ0) is 19.6. The second kappa shape index (κ2) is 7.59. The summed E-state index contributed by atoms with van der Waals surface area (Å²) in [6, 6.07) is 9.45. The molecule has 0 aliphatic heterocycles. The maximum Gasteiger partial charge on any atom is 0.325 e. The van der Waals surface area contributed by atoms with Crippen LogP contribution in [0.25, 0.3) is 10.9 Å². The van der Waals surface area contributed by atoms with Crippen molar-refractivity contribution in [3.8, 4) is 0 Å². The highest BCUT2D eigenvalue weighted by Crippen LogP contribution is 2.15. The van der Waals surface area contributed by atoms with Crippen LogP contribution in [0.15, 0.2) is 47.5 Å². The number of fused-ring (bicyclic) bond motifs is 1. The van der Waals surface area contributed by atoms with E-state index in [4.69, 9.17) is 11.6 Å². The van der Waals surface area contributed by atoms with E-state index in [9.17, 15) is 14.4 Å². The first-order valence-corrected chi connectivity index (χ1v) is 8.54. The highest BCUT2D eigenvalue weighted by Gasteiger charge is 2.12. The number of aromatic nitrogens is 2. The summed E-state index contributed by atoms with van der Waals surface area (Å²) in [4.78, 5) is 40.6. The number of imide groups is 1. The summed E-state index contributed by atoms with van der Waals surface area (Å²) in [5.41, 5.74) is 2.75. The zero-order valence-corrected chi connectivity index (χ0v) is 15.5. The monoisotopic (exact) mass is 384 g/mol. The number of anilines is 1. The van der Waals surface area contributed by atoms with E-state index in [1.165, 1.54) is 6.33 Å². The quantitative estimate of drug-likeness (QED) is 0.725. The Morgan fingerprint density at radius 1 is 1.11 bits per heavy atom. The highest BCUT2D eigenvalue weighted by molar-refractivity contribution is 6.31. The molecule has 2 aromatic carbocycles. The Kier molecular flexibility index (Phi) is 5.23. The molecular formula is C19H17ClN4O3. The molecule has 2 N–H and O–H groups in total. The second-order valence-corrected chi connectivity index (χ2v) is 6.58. The number of aryl methyl sites for hydroxylation is 2. The van der Waals surface area contributed by atoms with Crippen molar-refractivity contribution in [1.29, 1.82) is 0 Å². The molecule has 0 bridgehead atoms. The number of benzene rings is 2. The number of nitrogens with one attached hydrogen (secondary N) is 2. The fourth-order valence-electron chi connectivity index (χ4n) is 2.55. The lowest BCUT2D eigenvalue weighted by Gasteiger charge is -2.10. The van der Waals surface area contributed by atoms with E-state index in [-0.39, 0.29) is 12.1 Å². The molecular weight excluding hydrogens is 368 g/mol. The minimum Gasteiger partial charge on any atom is -0.308 e. The van der Waals surface area contributed by atoms with E-state index < -0.39 is 11.9 Å². The summed E-state index contributed by atoms with van der Waals surface area (Å²) in [5.74, 6) is -0.631. The smallest absolute Gasteiger partial charge is 0.308 e. The third-order valence-electron chi connectivity index (χ3n) is 4.12. The SMILES string of the molecule is Cc1ccc(NC(=O)NC(=O)Cn2cnc3cc(Cl)ccc3c2=O)cc1C. The number of hydrogen-bond donors (Lipinski definition) is 2. The first-order chi connectivity index (χ1) is 12.8. The summed E-state index contributed by atoms with van der Waals surface area (Å²) in [5, 5.41) is 5.59. The molecule has 7 nitrogen and oxygen atoms in total. The van der Waals surface area contributed by atoms with Crippen LogP contribution >= 0.6 is 11.6 Å². The molecule has 0 spiro atoms. The van der Waals surface area contributed by atoms with E-state index in [2.05, 4.69) is 15.6 Å². The number of carbonyl (C=O) groups is 2. The van der Waals surface area contributed by atoms with E-state index >= 15 is 0 Å². The number of urea groups is 1. The zero-order valence-electron chi connectivity index (χ0n) is 14.7. The maximum absolute atomic E-state index is 12.4. The van der Waals surface area contributed by atoms with Crippen molar-refractivity contribution in [2.24, 2.45) is 0 Å². The molecule has 3 rings (SSSR count). The van der Waals surface area contributed by atoms with Crippen LogP contribution in [0.2, 0.25) is 5.02 Å². The molecule has 0 saturated heterocycles. The summed E-state index contributed by atoms with van der Waals surface area (Å²) in [6.45, 7) is 3.56.